The van der Waals surface area contributed by atoms with Crippen LogP contribution in [0.5, 0.6) is 0 Å². The van der Waals surface area contributed by atoms with Gasteiger partial charge in [-0.25, -0.2) is 13.1 Å². The first-order chi connectivity index (χ1) is 6.55. The molecule has 0 fully saturated rings. The zero-order chi connectivity index (χ0) is 10.6. The van der Waals surface area contributed by atoms with E-state index >= 15 is 0 Å². The molecule has 0 atom stereocenters. The summed E-state index contributed by atoms with van der Waals surface area (Å²) >= 11 is 1.57. The first-order valence-electron chi connectivity index (χ1n) is 4.24. The van der Waals surface area contributed by atoms with Crippen molar-refractivity contribution in [2.45, 2.75) is 13.5 Å². The van der Waals surface area contributed by atoms with Crippen LogP contribution in [0.2, 0.25) is 0 Å². The highest BCUT2D eigenvalue weighted by Crippen LogP contribution is 2.13. The molecular weight excluding hydrogens is 220 g/mol. The fourth-order valence-corrected chi connectivity index (χ4v) is 2.67. The topological polar surface area (TPSA) is 72.2 Å². The quantitative estimate of drug-likeness (QED) is 0.776. The molecule has 0 aliphatic heterocycles. The molecule has 14 heavy (non-hydrogen) atoms. The summed E-state index contributed by atoms with van der Waals surface area (Å²) in [6.45, 7) is 2.47. The minimum absolute atomic E-state index is 0.0177. The van der Waals surface area contributed by atoms with Crippen LogP contribution in [0.4, 0.5) is 0 Å². The second-order valence-electron chi connectivity index (χ2n) is 3.01. The third-order valence-electron chi connectivity index (χ3n) is 1.83. The molecule has 0 bridgehead atoms. The first-order valence-corrected chi connectivity index (χ1v) is 6.84. The smallest absolute Gasteiger partial charge is 0.213 e. The zero-order valence-electron chi connectivity index (χ0n) is 7.99. The van der Waals surface area contributed by atoms with Gasteiger partial charge in [0.15, 0.2) is 0 Å². The summed E-state index contributed by atoms with van der Waals surface area (Å²) in [5.74, 6) is -0.0177. The second kappa shape index (κ2) is 4.88. The Morgan fingerprint density at radius 1 is 1.50 bits per heavy atom. The monoisotopic (exact) mass is 234 g/mol. The van der Waals surface area contributed by atoms with E-state index in [-0.39, 0.29) is 12.3 Å². The molecule has 0 aliphatic rings. The van der Waals surface area contributed by atoms with E-state index in [0.717, 1.165) is 11.1 Å². The average molecular weight is 234 g/mol. The molecular formula is C8H14N2O2S2. The van der Waals surface area contributed by atoms with Crippen molar-refractivity contribution in [1.82, 2.24) is 4.72 Å². The fraction of sp³-hybridized carbons (Fsp3) is 0.500. The number of hydrogen-bond acceptors (Lipinski definition) is 4. The van der Waals surface area contributed by atoms with Gasteiger partial charge in [0.25, 0.3) is 0 Å². The number of aryl methyl sites for hydroxylation is 1. The van der Waals surface area contributed by atoms with Crippen LogP contribution in [0.15, 0.2) is 10.8 Å². The van der Waals surface area contributed by atoms with E-state index in [0.29, 0.717) is 6.54 Å². The van der Waals surface area contributed by atoms with E-state index in [1.807, 2.05) is 17.7 Å². The van der Waals surface area contributed by atoms with Gasteiger partial charge in [0.2, 0.25) is 10.0 Å². The molecule has 4 nitrogen and oxygen atoms in total. The number of hydrogen-bond donors (Lipinski definition) is 2. The highest BCUT2D eigenvalue weighted by molar-refractivity contribution is 7.89. The zero-order valence-corrected chi connectivity index (χ0v) is 9.62. The van der Waals surface area contributed by atoms with Gasteiger partial charge >= 0.3 is 0 Å². The summed E-state index contributed by atoms with van der Waals surface area (Å²) < 4.78 is 25.0. The molecule has 0 saturated carbocycles. The van der Waals surface area contributed by atoms with E-state index in [1.165, 1.54) is 0 Å². The van der Waals surface area contributed by atoms with Crippen LogP contribution in [-0.4, -0.2) is 20.7 Å². The molecule has 80 valence electrons. The molecule has 1 heterocycles. The Morgan fingerprint density at radius 2 is 2.21 bits per heavy atom. The van der Waals surface area contributed by atoms with Crippen molar-refractivity contribution >= 4 is 21.4 Å². The van der Waals surface area contributed by atoms with Gasteiger partial charge in [-0.2, -0.15) is 11.3 Å². The lowest BCUT2D eigenvalue weighted by molar-refractivity contribution is 0.581. The minimum Gasteiger partial charge on any atom is -0.329 e. The summed E-state index contributed by atoms with van der Waals surface area (Å²) in [6, 6.07) is 0. The van der Waals surface area contributed by atoms with E-state index in [9.17, 15) is 8.42 Å². The maximum Gasteiger partial charge on any atom is 0.213 e. The Bertz CT molecular complexity index is 384. The van der Waals surface area contributed by atoms with Crippen molar-refractivity contribution in [2.24, 2.45) is 5.73 Å². The number of sulfonamides is 1. The van der Waals surface area contributed by atoms with Gasteiger partial charge in [-0.15, -0.1) is 0 Å². The third-order valence-corrected chi connectivity index (χ3v) is 4.10. The number of rotatable bonds is 5. The molecule has 0 radical (unpaired) electrons. The predicted octanol–water partition coefficient (Wildman–Crippen LogP) is 0.435. The standard InChI is InChI=1S/C8H14N2O2S2/c1-7-5-13-6-8(7)4-10-14(11,12)3-2-9/h5-6,10H,2-4,9H2,1H3. The van der Waals surface area contributed by atoms with E-state index in [4.69, 9.17) is 5.73 Å². The molecule has 1 aromatic heterocycles. The minimum atomic E-state index is -3.19. The van der Waals surface area contributed by atoms with E-state index in [2.05, 4.69) is 4.72 Å². The van der Waals surface area contributed by atoms with Crippen LogP contribution in [0.3, 0.4) is 0 Å². The van der Waals surface area contributed by atoms with Gasteiger partial charge in [0.1, 0.15) is 0 Å². The predicted molar refractivity (Wildman–Crippen MR) is 58.7 cm³/mol. The van der Waals surface area contributed by atoms with Gasteiger partial charge in [-0.05, 0) is 28.8 Å². The normalized spacial score (nSPS) is 11.9. The van der Waals surface area contributed by atoms with Crippen LogP contribution >= 0.6 is 11.3 Å². The number of nitrogens with two attached hydrogens (primary N) is 1. The van der Waals surface area contributed by atoms with Crippen LogP contribution in [0, 0.1) is 6.92 Å². The first kappa shape index (κ1) is 11.6. The summed E-state index contributed by atoms with van der Waals surface area (Å²) in [6.07, 6.45) is 0. The van der Waals surface area contributed by atoms with Gasteiger partial charge in [0.05, 0.1) is 5.75 Å². The fourth-order valence-electron chi connectivity index (χ4n) is 0.983. The average Bonchev–Trinajstić information content (AvgIpc) is 2.48. The molecule has 1 aromatic rings. The lowest BCUT2D eigenvalue weighted by atomic mass is 10.2. The molecule has 0 unspecified atom stereocenters. The summed E-state index contributed by atoms with van der Waals surface area (Å²) in [5.41, 5.74) is 7.32. The van der Waals surface area contributed by atoms with Crippen molar-refractivity contribution in [2.75, 3.05) is 12.3 Å². The third kappa shape index (κ3) is 3.38. The van der Waals surface area contributed by atoms with Crippen molar-refractivity contribution in [3.63, 3.8) is 0 Å². The SMILES string of the molecule is Cc1cscc1CNS(=O)(=O)CCN. The van der Waals surface area contributed by atoms with Gasteiger partial charge in [0, 0.05) is 13.1 Å². The summed E-state index contributed by atoms with van der Waals surface area (Å²) in [7, 11) is -3.19. The molecule has 6 heteroatoms. The number of nitrogens with one attached hydrogen (secondary N) is 1. The van der Waals surface area contributed by atoms with Crippen LogP contribution < -0.4 is 10.5 Å². The summed E-state index contributed by atoms with van der Waals surface area (Å²) in [4.78, 5) is 0. The van der Waals surface area contributed by atoms with Gasteiger partial charge in [-0.3, -0.25) is 0 Å². The maximum atomic E-state index is 11.2. The van der Waals surface area contributed by atoms with Crippen LogP contribution in [0.1, 0.15) is 11.1 Å². The summed E-state index contributed by atoms with van der Waals surface area (Å²) in [5, 5.41) is 3.94. The lowest BCUT2D eigenvalue weighted by Gasteiger charge is -2.04. The molecule has 3 N–H and O–H groups in total. The molecule has 0 saturated heterocycles. The van der Waals surface area contributed by atoms with Crippen molar-refractivity contribution in [3.8, 4) is 0 Å². The van der Waals surface area contributed by atoms with Crippen molar-refractivity contribution in [3.05, 3.63) is 21.9 Å². The van der Waals surface area contributed by atoms with Crippen molar-refractivity contribution in [1.29, 1.82) is 0 Å². The Labute approximate surface area is 88.2 Å². The Hall–Kier alpha value is -0.430. The Balaban J connectivity index is 2.53. The highest BCUT2D eigenvalue weighted by atomic mass is 32.2. The van der Waals surface area contributed by atoms with E-state index < -0.39 is 10.0 Å². The lowest BCUT2D eigenvalue weighted by Crippen LogP contribution is -2.29. The van der Waals surface area contributed by atoms with E-state index in [1.54, 1.807) is 11.3 Å². The highest BCUT2D eigenvalue weighted by Gasteiger charge is 2.09. The van der Waals surface area contributed by atoms with Crippen LogP contribution in [0.25, 0.3) is 0 Å². The Kier molecular flexibility index (Phi) is 4.06. The number of thiophene rings is 1. The molecule has 0 amide bonds. The molecule has 1 rings (SSSR count). The van der Waals surface area contributed by atoms with Crippen LogP contribution in [-0.2, 0) is 16.6 Å². The maximum absolute atomic E-state index is 11.2. The van der Waals surface area contributed by atoms with Gasteiger partial charge < -0.3 is 5.73 Å². The molecule has 0 aromatic carbocycles. The molecule has 0 spiro atoms. The second-order valence-corrected chi connectivity index (χ2v) is 5.68. The van der Waals surface area contributed by atoms with Gasteiger partial charge in [-0.1, -0.05) is 0 Å². The largest absolute Gasteiger partial charge is 0.329 e. The Morgan fingerprint density at radius 3 is 2.71 bits per heavy atom. The molecule has 0 aliphatic carbocycles. The van der Waals surface area contributed by atoms with Crippen molar-refractivity contribution < 1.29 is 8.42 Å².